The van der Waals surface area contributed by atoms with Gasteiger partial charge in [0, 0.05) is 10.8 Å². The molecule has 0 bridgehead atoms. The first-order chi connectivity index (χ1) is 13.1. The van der Waals surface area contributed by atoms with Crippen LogP contribution in [-0.2, 0) is 17.8 Å². The quantitative estimate of drug-likeness (QED) is 0.643. The molecule has 27 heavy (non-hydrogen) atoms. The number of amides is 1. The molecule has 0 spiro atoms. The molecule has 1 aromatic carbocycles. The number of ether oxygens (including phenoxy) is 1. The molecule has 0 aliphatic heterocycles. The zero-order valence-electron chi connectivity index (χ0n) is 14.7. The van der Waals surface area contributed by atoms with Gasteiger partial charge in [-0.25, -0.2) is 0 Å². The van der Waals surface area contributed by atoms with Gasteiger partial charge in [0.25, 0.3) is 0 Å². The van der Waals surface area contributed by atoms with Crippen molar-refractivity contribution in [1.29, 1.82) is 0 Å². The lowest BCUT2D eigenvalue weighted by Crippen LogP contribution is -2.23. The Morgan fingerprint density at radius 3 is 2.96 bits per heavy atom. The molecule has 1 amide bonds. The number of hydrogen-bond donors (Lipinski definition) is 1. The molecular weight excluding hydrogens is 386 g/mol. The van der Waals surface area contributed by atoms with Crippen LogP contribution in [0.5, 0.6) is 5.75 Å². The second-order valence-corrected chi connectivity index (χ2v) is 7.99. The number of carbonyl (C=O) groups is 1. The van der Waals surface area contributed by atoms with E-state index in [1.54, 1.807) is 18.4 Å². The van der Waals surface area contributed by atoms with Crippen molar-refractivity contribution in [3.8, 4) is 16.5 Å². The normalized spacial score (nSPS) is 13.6. The number of rotatable bonds is 7. The third kappa shape index (κ3) is 4.31. The van der Waals surface area contributed by atoms with Crippen LogP contribution in [0.25, 0.3) is 10.7 Å². The van der Waals surface area contributed by atoms with E-state index >= 15 is 0 Å². The Hall–Kier alpha value is -2.38. The SMILES string of the molecule is COc1ccc(Cc2nc(-c3ccc(CNC(=O)C4CC4)s3)no2)cc1Cl. The van der Waals surface area contributed by atoms with Crippen molar-refractivity contribution in [2.75, 3.05) is 7.11 Å². The maximum absolute atomic E-state index is 11.7. The average Bonchev–Trinajstić information content (AvgIpc) is 3.23. The maximum atomic E-state index is 11.7. The van der Waals surface area contributed by atoms with Crippen LogP contribution in [0.4, 0.5) is 0 Å². The van der Waals surface area contributed by atoms with Crippen molar-refractivity contribution in [3.63, 3.8) is 0 Å². The summed E-state index contributed by atoms with van der Waals surface area (Å²) in [7, 11) is 1.58. The van der Waals surface area contributed by atoms with Crippen LogP contribution >= 0.6 is 22.9 Å². The summed E-state index contributed by atoms with van der Waals surface area (Å²) < 4.78 is 10.5. The fourth-order valence-corrected chi connectivity index (χ4v) is 3.83. The van der Waals surface area contributed by atoms with Crippen molar-refractivity contribution in [3.05, 3.63) is 51.7 Å². The zero-order chi connectivity index (χ0) is 18.8. The van der Waals surface area contributed by atoms with Gasteiger partial charge in [-0.3, -0.25) is 4.79 Å². The number of hydrogen-bond acceptors (Lipinski definition) is 6. The van der Waals surface area contributed by atoms with Gasteiger partial charge < -0.3 is 14.6 Å². The van der Waals surface area contributed by atoms with E-state index in [1.165, 1.54) is 0 Å². The van der Waals surface area contributed by atoms with E-state index in [9.17, 15) is 4.79 Å². The van der Waals surface area contributed by atoms with Gasteiger partial charge in [-0.1, -0.05) is 22.8 Å². The van der Waals surface area contributed by atoms with E-state index in [0.29, 0.717) is 35.5 Å². The zero-order valence-corrected chi connectivity index (χ0v) is 16.3. The van der Waals surface area contributed by atoms with Crippen LogP contribution in [0.2, 0.25) is 5.02 Å². The van der Waals surface area contributed by atoms with Gasteiger partial charge in [0.2, 0.25) is 17.6 Å². The molecule has 140 valence electrons. The summed E-state index contributed by atoms with van der Waals surface area (Å²) in [6.45, 7) is 0.537. The van der Waals surface area contributed by atoms with E-state index in [2.05, 4.69) is 15.5 Å². The fourth-order valence-electron chi connectivity index (χ4n) is 2.68. The molecule has 1 fully saturated rings. The van der Waals surface area contributed by atoms with Crippen LogP contribution < -0.4 is 10.1 Å². The first kappa shape index (κ1) is 18.0. The molecule has 4 rings (SSSR count). The topological polar surface area (TPSA) is 77.2 Å². The highest BCUT2D eigenvalue weighted by Crippen LogP contribution is 2.30. The van der Waals surface area contributed by atoms with Gasteiger partial charge >= 0.3 is 0 Å². The smallest absolute Gasteiger partial charge is 0.231 e. The molecule has 0 saturated heterocycles. The number of carbonyl (C=O) groups excluding carboxylic acids is 1. The van der Waals surface area contributed by atoms with Gasteiger partial charge in [0.05, 0.1) is 30.0 Å². The van der Waals surface area contributed by atoms with Crippen molar-refractivity contribution in [2.24, 2.45) is 5.92 Å². The summed E-state index contributed by atoms with van der Waals surface area (Å²) in [4.78, 5) is 18.2. The van der Waals surface area contributed by atoms with E-state index in [4.69, 9.17) is 20.9 Å². The lowest BCUT2D eigenvalue weighted by molar-refractivity contribution is -0.122. The van der Waals surface area contributed by atoms with Crippen LogP contribution in [0.15, 0.2) is 34.9 Å². The summed E-state index contributed by atoms with van der Waals surface area (Å²) in [5.41, 5.74) is 0.964. The van der Waals surface area contributed by atoms with E-state index in [-0.39, 0.29) is 11.8 Å². The molecular formula is C19H18ClN3O3S. The number of halogens is 1. The molecule has 3 aromatic rings. The van der Waals surface area contributed by atoms with Crippen molar-refractivity contribution >= 4 is 28.8 Å². The highest BCUT2D eigenvalue weighted by Gasteiger charge is 2.29. The second kappa shape index (κ2) is 7.70. The minimum Gasteiger partial charge on any atom is -0.495 e. The molecule has 1 aliphatic rings. The standard InChI is InChI=1S/C19H18ClN3O3S/c1-25-15-6-2-11(8-14(15)20)9-17-22-18(23-26-17)16-7-5-13(27-16)10-21-19(24)12-3-4-12/h2,5-8,12H,3-4,9-10H2,1H3,(H,21,24). The van der Waals surface area contributed by atoms with Gasteiger partial charge in [-0.15, -0.1) is 11.3 Å². The molecule has 1 saturated carbocycles. The third-order valence-electron chi connectivity index (χ3n) is 4.31. The molecule has 1 N–H and O–H groups in total. The molecule has 0 atom stereocenters. The van der Waals surface area contributed by atoms with Gasteiger partial charge in [0.1, 0.15) is 5.75 Å². The average molecular weight is 404 g/mol. The van der Waals surface area contributed by atoms with E-state index in [0.717, 1.165) is 28.2 Å². The molecule has 0 radical (unpaired) electrons. The van der Waals surface area contributed by atoms with Crippen LogP contribution in [0.3, 0.4) is 0 Å². The Kier molecular flexibility index (Phi) is 5.13. The third-order valence-corrected chi connectivity index (χ3v) is 5.68. The number of methoxy groups -OCH3 is 1. The minimum atomic E-state index is 0.143. The molecule has 6 nitrogen and oxygen atoms in total. The monoisotopic (exact) mass is 403 g/mol. The van der Waals surface area contributed by atoms with Crippen molar-refractivity contribution < 1.29 is 14.1 Å². The lowest BCUT2D eigenvalue weighted by Gasteiger charge is -2.04. The highest BCUT2D eigenvalue weighted by molar-refractivity contribution is 7.15. The maximum Gasteiger partial charge on any atom is 0.231 e. The van der Waals surface area contributed by atoms with Crippen molar-refractivity contribution in [2.45, 2.75) is 25.8 Å². The summed E-state index contributed by atoms with van der Waals surface area (Å²) in [6, 6.07) is 9.49. The van der Waals surface area contributed by atoms with Gasteiger partial charge in [0.15, 0.2) is 0 Å². The number of nitrogens with one attached hydrogen (secondary N) is 1. The summed E-state index contributed by atoms with van der Waals surface area (Å²) in [5, 5.41) is 7.57. The van der Waals surface area contributed by atoms with Crippen LogP contribution in [0, 0.1) is 5.92 Å². The Balaban J connectivity index is 1.40. The molecule has 2 aromatic heterocycles. The number of nitrogens with zero attached hydrogens (tertiary/aromatic N) is 2. The number of thiophene rings is 1. The number of aromatic nitrogens is 2. The Labute approximate surface area is 165 Å². The first-order valence-corrected chi connectivity index (χ1v) is 9.83. The fraction of sp³-hybridized carbons (Fsp3) is 0.316. The largest absolute Gasteiger partial charge is 0.495 e. The second-order valence-electron chi connectivity index (χ2n) is 6.42. The van der Waals surface area contributed by atoms with Crippen molar-refractivity contribution in [1.82, 2.24) is 15.5 Å². The molecule has 0 unspecified atom stereocenters. The summed E-state index contributed by atoms with van der Waals surface area (Å²) in [5.74, 6) is 2.06. The molecule has 1 aliphatic carbocycles. The van der Waals surface area contributed by atoms with E-state index in [1.807, 2.05) is 30.3 Å². The van der Waals surface area contributed by atoms with Gasteiger partial charge in [-0.05, 0) is 42.7 Å². The summed E-state index contributed by atoms with van der Waals surface area (Å²) >= 11 is 7.70. The van der Waals surface area contributed by atoms with Crippen LogP contribution in [0.1, 0.15) is 29.2 Å². The Bertz CT molecular complexity index is 965. The number of benzene rings is 1. The predicted molar refractivity (Wildman–Crippen MR) is 103 cm³/mol. The minimum absolute atomic E-state index is 0.143. The van der Waals surface area contributed by atoms with E-state index < -0.39 is 0 Å². The lowest BCUT2D eigenvalue weighted by atomic mass is 10.1. The molecule has 8 heteroatoms. The predicted octanol–water partition coefficient (Wildman–Crippen LogP) is 4.08. The Morgan fingerprint density at radius 2 is 2.22 bits per heavy atom. The molecule has 2 heterocycles. The first-order valence-electron chi connectivity index (χ1n) is 8.64. The summed E-state index contributed by atoms with van der Waals surface area (Å²) in [6.07, 6.45) is 2.51. The highest BCUT2D eigenvalue weighted by atomic mass is 35.5. The van der Waals surface area contributed by atoms with Gasteiger partial charge in [-0.2, -0.15) is 4.98 Å². The Morgan fingerprint density at radius 1 is 1.37 bits per heavy atom. The van der Waals surface area contributed by atoms with Crippen LogP contribution in [-0.4, -0.2) is 23.2 Å².